The van der Waals surface area contributed by atoms with E-state index in [0.717, 1.165) is 39.2 Å². The Morgan fingerprint density at radius 3 is 2.70 bits per heavy atom. The molecule has 0 aromatic carbocycles. The summed E-state index contributed by atoms with van der Waals surface area (Å²) in [7, 11) is 0. The highest BCUT2D eigenvalue weighted by Crippen LogP contribution is 2.25. The second-order valence-electron chi connectivity index (χ2n) is 3.07. The SMILES string of the molecule is C1CC2(CC[N]1)CNCO2. The zero-order chi connectivity index (χ0) is 6.86. The number of hydrogen-bond donors (Lipinski definition) is 1. The third kappa shape index (κ3) is 1.05. The largest absolute Gasteiger partial charge is 0.358 e. The molecule has 2 aliphatic heterocycles. The number of hydrogen-bond acceptors (Lipinski definition) is 2. The Hall–Kier alpha value is -0.120. The second-order valence-corrected chi connectivity index (χ2v) is 3.07. The van der Waals surface area contributed by atoms with E-state index >= 15 is 0 Å². The molecule has 2 saturated heterocycles. The predicted molar refractivity (Wildman–Crippen MR) is 37.8 cm³/mol. The lowest BCUT2D eigenvalue weighted by Gasteiger charge is -2.30. The van der Waals surface area contributed by atoms with Crippen LogP contribution in [-0.2, 0) is 4.74 Å². The van der Waals surface area contributed by atoms with Crippen molar-refractivity contribution < 1.29 is 4.74 Å². The quantitative estimate of drug-likeness (QED) is 0.502. The van der Waals surface area contributed by atoms with E-state index < -0.39 is 0 Å². The summed E-state index contributed by atoms with van der Waals surface area (Å²) in [5, 5.41) is 7.51. The van der Waals surface area contributed by atoms with Crippen molar-refractivity contribution in [2.45, 2.75) is 18.4 Å². The first-order valence-electron chi connectivity index (χ1n) is 3.89. The summed E-state index contributed by atoms with van der Waals surface area (Å²) in [5.74, 6) is 0. The van der Waals surface area contributed by atoms with Crippen LogP contribution < -0.4 is 10.6 Å². The summed E-state index contributed by atoms with van der Waals surface area (Å²) in [5.41, 5.74) is 0.168. The smallest absolute Gasteiger partial charge is 0.0974 e. The molecule has 57 valence electrons. The van der Waals surface area contributed by atoms with E-state index in [9.17, 15) is 0 Å². The average molecular weight is 141 g/mol. The van der Waals surface area contributed by atoms with Crippen molar-refractivity contribution >= 4 is 0 Å². The van der Waals surface area contributed by atoms with Crippen LogP contribution in [0, 0.1) is 0 Å². The molecular formula is C7H13N2O. The molecule has 3 heteroatoms. The average Bonchev–Trinajstić information content (AvgIpc) is 2.39. The summed E-state index contributed by atoms with van der Waals surface area (Å²) in [6.07, 6.45) is 2.22. The van der Waals surface area contributed by atoms with Gasteiger partial charge in [0.1, 0.15) is 0 Å². The van der Waals surface area contributed by atoms with Gasteiger partial charge in [-0.2, -0.15) is 0 Å². The van der Waals surface area contributed by atoms with Crippen LogP contribution in [0.4, 0.5) is 0 Å². The highest BCUT2D eigenvalue weighted by atomic mass is 16.5. The van der Waals surface area contributed by atoms with E-state index in [1.807, 2.05) is 0 Å². The Labute approximate surface area is 61.1 Å². The van der Waals surface area contributed by atoms with Crippen molar-refractivity contribution in [3.05, 3.63) is 0 Å². The third-order valence-electron chi connectivity index (χ3n) is 2.38. The van der Waals surface area contributed by atoms with Gasteiger partial charge < -0.3 is 4.74 Å². The number of nitrogens with zero attached hydrogens (tertiary/aromatic N) is 1. The van der Waals surface area contributed by atoms with Crippen LogP contribution >= 0.6 is 0 Å². The van der Waals surface area contributed by atoms with Gasteiger partial charge in [0.2, 0.25) is 0 Å². The van der Waals surface area contributed by atoms with E-state index in [4.69, 9.17) is 4.74 Å². The highest BCUT2D eigenvalue weighted by molar-refractivity contribution is 4.90. The standard InChI is InChI=1S/C7H13N2O/c1-3-8-4-2-7(1)5-9-6-10-7/h9H,1-6H2. The Morgan fingerprint density at radius 2 is 2.10 bits per heavy atom. The van der Waals surface area contributed by atoms with Crippen molar-refractivity contribution in [2.75, 3.05) is 26.4 Å². The summed E-state index contributed by atoms with van der Waals surface area (Å²) in [4.78, 5) is 0. The normalized spacial score (nSPS) is 31.2. The summed E-state index contributed by atoms with van der Waals surface area (Å²) in [6.45, 7) is 3.74. The van der Waals surface area contributed by atoms with Crippen LogP contribution in [0.1, 0.15) is 12.8 Å². The van der Waals surface area contributed by atoms with Gasteiger partial charge in [0.25, 0.3) is 0 Å². The monoisotopic (exact) mass is 141 g/mol. The molecule has 0 atom stereocenters. The van der Waals surface area contributed by atoms with Crippen molar-refractivity contribution in [3.63, 3.8) is 0 Å². The molecule has 1 spiro atoms. The number of ether oxygens (including phenoxy) is 1. The molecular weight excluding hydrogens is 128 g/mol. The molecule has 3 nitrogen and oxygen atoms in total. The van der Waals surface area contributed by atoms with E-state index in [2.05, 4.69) is 10.6 Å². The summed E-state index contributed by atoms with van der Waals surface area (Å²) < 4.78 is 5.61. The molecule has 0 saturated carbocycles. The first-order chi connectivity index (χ1) is 4.91. The van der Waals surface area contributed by atoms with Crippen LogP contribution in [-0.4, -0.2) is 32.0 Å². The van der Waals surface area contributed by atoms with E-state index in [1.165, 1.54) is 0 Å². The minimum Gasteiger partial charge on any atom is -0.358 e. The van der Waals surface area contributed by atoms with Crippen LogP contribution in [0.25, 0.3) is 0 Å². The number of piperidine rings is 1. The molecule has 0 bridgehead atoms. The lowest BCUT2D eigenvalue weighted by atomic mass is 9.93. The van der Waals surface area contributed by atoms with Gasteiger partial charge in [-0.3, -0.25) is 5.32 Å². The molecule has 10 heavy (non-hydrogen) atoms. The summed E-state index contributed by atoms with van der Waals surface area (Å²) in [6, 6.07) is 0. The van der Waals surface area contributed by atoms with Crippen LogP contribution in [0.2, 0.25) is 0 Å². The van der Waals surface area contributed by atoms with Crippen LogP contribution in [0.15, 0.2) is 0 Å². The van der Waals surface area contributed by atoms with Crippen molar-refractivity contribution in [1.82, 2.24) is 10.6 Å². The fourth-order valence-corrected chi connectivity index (χ4v) is 1.66. The maximum absolute atomic E-state index is 5.61. The van der Waals surface area contributed by atoms with E-state index in [1.54, 1.807) is 0 Å². The van der Waals surface area contributed by atoms with Gasteiger partial charge >= 0.3 is 0 Å². The lowest BCUT2D eigenvalue weighted by Crippen LogP contribution is -2.42. The van der Waals surface area contributed by atoms with Crippen molar-refractivity contribution in [2.24, 2.45) is 0 Å². The van der Waals surface area contributed by atoms with E-state index in [-0.39, 0.29) is 5.60 Å². The van der Waals surface area contributed by atoms with E-state index in [0.29, 0.717) is 0 Å². The molecule has 0 amide bonds. The number of rotatable bonds is 0. The van der Waals surface area contributed by atoms with Gasteiger partial charge in [0, 0.05) is 19.6 Å². The summed E-state index contributed by atoms with van der Waals surface area (Å²) >= 11 is 0. The Morgan fingerprint density at radius 1 is 1.30 bits per heavy atom. The molecule has 1 radical (unpaired) electrons. The lowest BCUT2D eigenvalue weighted by molar-refractivity contribution is -0.0126. The molecule has 2 rings (SSSR count). The molecule has 2 aliphatic rings. The van der Waals surface area contributed by atoms with Gasteiger partial charge in [0.05, 0.1) is 12.3 Å². The Balaban J connectivity index is 1.98. The van der Waals surface area contributed by atoms with Gasteiger partial charge in [-0.05, 0) is 12.8 Å². The molecule has 0 unspecified atom stereocenters. The topological polar surface area (TPSA) is 35.4 Å². The Bertz CT molecular complexity index is 113. The zero-order valence-corrected chi connectivity index (χ0v) is 6.10. The first kappa shape index (κ1) is 6.58. The van der Waals surface area contributed by atoms with Gasteiger partial charge in [-0.1, -0.05) is 0 Å². The Kier molecular flexibility index (Phi) is 1.64. The molecule has 2 fully saturated rings. The molecule has 1 N–H and O–H groups in total. The third-order valence-corrected chi connectivity index (χ3v) is 2.38. The maximum atomic E-state index is 5.61. The predicted octanol–water partition coefficient (Wildman–Crippen LogP) is -0.299. The minimum atomic E-state index is 0.168. The van der Waals surface area contributed by atoms with Gasteiger partial charge in [-0.15, -0.1) is 0 Å². The fourth-order valence-electron chi connectivity index (χ4n) is 1.66. The van der Waals surface area contributed by atoms with Crippen molar-refractivity contribution in [3.8, 4) is 0 Å². The number of nitrogens with one attached hydrogen (secondary N) is 1. The molecule has 0 aromatic rings. The first-order valence-corrected chi connectivity index (χ1v) is 3.89. The van der Waals surface area contributed by atoms with Gasteiger partial charge in [-0.25, -0.2) is 5.32 Å². The highest BCUT2D eigenvalue weighted by Gasteiger charge is 2.36. The fraction of sp³-hybridized carbons (Fsp3) is 1.00. The second kappa shape index (κ2) is 2.49. The van der Waals surface area contributed by atoms with Crippen molar-refractivity contribution in [1.29, 1.82) is 0 Å². The van der Waals surface area contributed by atoms with Gasteiger partial charge in [0.15, 0.2) is 0 Å². The maximum Gasteiger partial charge on any atom is 0.0974 e. The molecule has 0 aromatic heterocycles. The zero-order valence-electron chi connectivity index (χ0n) is 6.10. The molecule has 0 aliphatic carbocycles. The van der Waals surface area contributed by atoms with Crippen LogP contribution in [0.5, 0.6) is 0 Å². The van der Waals surface area contributed by atoms with Crippen LogP contribution in [0.3, 0.4) is 0 Å². The minimum absolute atomic E-state index is 0.168. The molecule has 2 heterocycles.